The molecule has 0 unspecified atom stereocenters. The van der Waals surface area contributed by atoms with Crippen molar-refractivity contribution in [2.24, 2.45) is 11.3 Å². The van der Waals surface area contributed by atoms with Crippen LogP contribution in [-0.2, 0) is 17.9 Å². The van der Waals surface area contributed by atoms with E-state index in [9.17, 15) is 9.59 Å². The molecule has 1 fully saturated rings. The van der Waals surface area contributed by atoms with Crippen molar-refractivity contribution in [3.63, 3.8) is 0 Å². The van der Waals surface area contributed by atoms with Crippen LogP contribution in [0.25, 0.3) is 0 Å². The summed E-state index contributed by atoms with van der Waals surface area (Å²) in [6, 6.07) is 3.41. The molecule has 0 bridgehead atoms. The van der Waals surface area contributed by atoms with E-state index < -0.39 is 0 Å². The van der Waals surface area contributed by atoms with E-state index in [2.05, 4.69) is 29.4 Å². The summed E-state index contributed by atoms with van der Waals surface area (Å²) < 4.78 is 13.1. The molecule has 0 saturated carbocycles. The molecule has 1 saturated heterocycles. The Labute approximate surface area is 175 Å². The lowest BCUT2D eigenvalue weighted by molar-refractivity contribution is -0.00268. The molecular formula is C21H29N5O4. The molecular weight excluding hydrogens is 386 g/mol. The van der Waals surface area contributed by atoms with Crippen LogP contribution in [0.3, 0.4) is 0 Å². The number of piperidine rings is 1. The fourth-order valence-corrected chi connectivity index (χ4v) is 4.11. The highest BCUT2D eigenvalue weighted by Crippen LogP contribution is 2.36. The zero-order chi connectivity index (χ0) is 21.1. The number of rotatable bonds is 5. The zero-order valence-electron chi connectivity index (χ0n) is 17.6. The van der Waals surface area contributed by atoms with E-state index in [1.54, 1.807) is 12.1 Å². The van der Waals surface area contributed by atoms with Crippen molar-refractivity contribution < 1.29 is 18.7 Å². The van der Waals surface area contributed by atoms with Crippen LogP contribution in [-0.4, -0.2) is 57.7 Å². The number of ether oxygens (including phenoxy) is 1. The minimum Gasteiger partial charge on any atom is -0.459 e. The minimum absolute atomic E-state index is 0.0837. The molecule has 1 spiro atoms. The molecule has 0 aromatic carbocycles. The van der Waals surface area contributed by atoms with E-state index in [-0.39, 0.29) is 17.2 Å². The van der Waals surface area contributed by atoms with Crippen molar-refractivity contribution in [2.75, 3.05) is 26.2 Å². The van der Waals surface area contributed by atoms with E-state index in [4.69, 9.17) is 9.15 Å². The van der Waals surface area contributed by atoms with Gasteiger partial charge in [-0.1, -0.05) is 13.8 Å². The van der Waals surface area contributed by atoms with Gasteiger partial charge in [-0.2, -0.15) is 0 Å². The van der Waals surface area contributed by atoms with E-state index in [0.717, 1.165) is 19.3 Å². The zero-order valence-corrected chi connectivity index (χ0v) is 17.6. The van der Waals surface area contributed by atoms with Gasteiger partial charge in [0.1, 0.15) is 6.61 Å². The molecule has 4 rings (SSSR count). The largest absolute Gasteiger partial charge is 0.459 e. The average Bonchev–Trinajstić information content (AvgIpc) is 3.36. The van der Waals surface area contributed by atoms with E-state index in [1.165, 1.54) is 6.26 Å². The Hall–Kier alpha value is -2.68. The second-order valence-electron chi connectivity index (χ2n) is 8.73. The van der Waals surface area contributed by atoms with Gasteiger partial charge in [0.2, 0.25) is 5.82 Å². The van der Waals surface area contributed by atoms with Crippen LogP contribution in [0.4, 0.5) is 0 Å². The van der Waals surface area contributed by atoms with Crippen molar-refractivity contribution in [3.05, 3.63) is 35.8 Å². The monoisotopic (exact) mass is 415 g/mol. The molecule has 9 nitrogen and oxygen atoms in total. The van der Waals surface area contributed by atoms with Gasteiger partial charge in [0.25, 0.3) is 11.8 Å². The maximum absolute atomic E-state index is 12.7. The van der Waals surface area contributed by atoms with Crippen molar-refractivity contribution in [3.8, 4) is 0 Å². The highest BCUT2D eigenvalue weighted by atomic mass is 16.5. The molecule has 0 aliphatic carbocycles. The fourth-order valence-electron chi connectivity index (χ4n) is 4.11. The maximum atomic E-state index is 12.7. The van der Waals surface area contributed by atoms with Crippen molar-refractivity contribution in [1.29, 1.82) is 0 Å². The number of hydrogen-bond donors (Lipinski definition) is 1. The molecule has 2 aliphatic heterocycles. The SMILES string of the molecule is CC(C)CCNC(=O)c1nnc2n1CC1(CCN(C(=O)c3ccco3)CC1)COC2. The Morgan fingerprint density at radius 2 is 2.07 bits per heavy atom. The lowest BCUT2D eigenvalue weighted by Crippen LogP contribution is -2.46. The van der Waals surface area contributed by atoms with Crippen LogP contribution in [0.2, 0.25) is 0 Å². The number of amides is 2. The first-order chi connectivity index (χ1) is 14.5. The fraction of sp³-hybridized carbons (Fsp3) is 0.619. The molecule has 30 heavy (non-hydrogen) atoms. The summed E-state index contributed by atoms with van der Waals surface area (Å²) in [4.78, 5) is 27.1. The van der Waals surface area contributed by atoms with Crippen LogP contribution >= 0.6 is 0 Å². The van der Waals surface area contributed by atoms with Crippen LogP contribution in [0.15, 0.2) is 22.8 Å². The highest BCUT2D eigenvalue weighted by molar-refractivity contribution is 5.91. The number of nitrogens with one attached hydrogen (secondary N) is 1. The smallest absolute Gasteiger partial charge is 0.289 e. The van der Waals surface area contributed by atoms with Crippen LogP contribution in [0.1, 0.15) is 60.1 Å². The summed E-state index contributed by atoms with van der Waals surface area (Å²) in [6.45, 7) is 7.64. The maximum Gasteiger partial charge on any atom is 0.289 e. The van der Waals surface area contributed by atoms with Crippen molar-refractivity contribution >= 4 is 11.8 Å². The Balaban J connectivity index is 1.44. The first-order valence-corrected chi connectivity index (χ1v) is 10.6. The summed E-state index contributed by atoms with van der Waals surface area (Å²) in [7, 11) is 0. The predicted molar refractivity (Wildman–Crippen MR) is 108 cm³/mol. The molecule has 2 aliphatic rings. The molecule has 9 heteroatoms. The van der Waals surface area contributed by atoms with Gasteiger partial charge in [0, 0.05) is 31.6 Å². The Bertz CT molecular complexity index is 881. The first-order valence-electron chi connectivity index (χ1n) is 10.6. The molecule has 4 heterocycles. The van der Waals surface area contributed by atoms with Gasteiger partial charge < -0.3 is 23.9 Å². The van der Waals surface area contributed by atoms with Crippen LogP contribution in [0.5, 0.6) is 0 Å². The van der Waals surface area contributed by atoms with Gasteiger partial charge in [-0.3, -0.25) is 9.59 Å². The Morgan fingerprint density at radius 1 is 1.27 bits per heavy atom. The third kappa shape index (κ3) is 4.26. The molecule has 2 aromatic rings. The second kappa shape index (κ2) is 8.59. The second-order valence-corrected chi connectivity index (χ2v) is 8.73. The van der Waals surface area contributed by atoms with Gasteiger partial charge in [-0.15, -0.1) is 10.2 Å². The summed E-state index contributed by atoms with van der Waals surface area (Å²) in [5, 5.41) is 11.3. The number of carbonyl (C=O) groups excluding carboxylic acids is 2. The molecule has 2 aromatic heterocycles. The van der Waals surface area contributed by atoms with Crippen molar-refractivity contribution in [2.45, 2.75) is 46.3 Å². The number of furan rings is 1. The molecule has 0 radical (unpaired) electrons. The van der Waals surface area contributed by atoms with Gasteiger partial charge in [-0.25, -0.2) is 0 Å². The normalized spacial score (nSPS) is 18.3. The first kappa shape index (κ1) is 20.6. The summed E-state index contributed by atoms with van der Waals surface area (Å²) >= 11 is 0. The van der Waals surface area contributed by atoms with Gasteiger partial charge in [0.15, 0.2) is 11.6 Å². The minimum atomic E-state index is -0.197. The van der Waals surface area contributed by atoms with E-state index in [1.807, 2.05) is 9.47 Å². The molecule has 162 valence electrons. The van der Waals surface area contributed by atoms with Gasteiger partial charge in [-0.05, 0) is 37.3 Å². The third-order valence-corrected chi connectivity index (χ3v) is 6.01. The average molecular weight is 415 g/mol. The summed E-state index contributed by atoms with van der Waals surface area (Å²) in [5.74, 6) is 1.62. The number of nitrogens with zero attached hydrogens (tertiary/aromatic N) is 4. The lowest BCUT2D eigenvalue weighted by Gasteiger charge is -2.40. The standard InChI is InChI=1S/C21H29N5O4/c1-15(2)5-8-22-19(27)18-24-23-17-12-29-14-21(13-26(17)18)6-9-25(10-7-21)20(28)16-4-3-11-30-16/h3-4,11,15H,5-10,12-14H2,1-2H3,(H,22,27). The van der Waals surface area contributed by atoms with E-state index in [0.29, 0.717) is 62.7 Å². The number of likely N-dealkylation sites (tertiary alicyclic amines) is 1. The Kier molecular flexibility index (Phi) is 5.90. The lowest BCUT2D eigenvalue weighted by atomic mass is 9.78. The molecule has 2 amide bonds. The third-order valence-electron chi connectivity index (χ3n) is 6.01. The van der Waals surface area contributed by atoms with Crippen molar-refractivity contribution in [1.82, 2.24) is 25.0 Å². The number of carbonyl (C=O) groups is 2. The number of hydrogen-bond acceptors (Lipinski definition) is 6. The van der Waals surface area contributed by atoms with Gasteiger partial charge >= 0.3 is 0 Å². The number of fused-ring (bicyclic) bond motifs is 1. The number of aromatic nitrogens is 3. The molecule has 0 atom stereocenters. The van der Waals surface area contributed by atoms with Crippen LogP contribution < -0.4 is 5.32 Å². The highest BCUT2D eigenvalue weighted by Gasteiger charge is 2.40. The van der Waals surface area contributed by atoms with E-state index >= 15 is 0 Å². The predicted octanol–water partition coefficient (Wildman–Crippen LogP) is 2.10. The summed E-state index contributed by atoms with van der Waals surface area (Å²) in [6.07, 6.45) is 4.00. The summed E-state index contributed by atoms with van der Waals surface area (Å²) in [5.41, 5.74) is -0.152. The van der Waals surface area contributed by atoms with Gasteiger partial charge in [0.05, 0.1) is 12.9 Å². The Morgan fingerprint density at radius 3 is 2.77 bits per heavy atom. The van der Waals surface area contributed by atoms with Crippen LogP contribution in [0, 0.1) is 11.3 Å². The topological polar surface area (TPSA) is 102 Å². The quantitative estimate of drug-likeness (QED) is 0.802. The molecule has 1 N–H and O–H groups in total.